The van der Waals surface area contributed by atoms with Crippen LogP contribution in [0.15, 0.2) is 0 Å². The van der Waals surface area contributed by atoms with Gasteiger partial charge in [0.15, 0.2) is 0 Å². The van der Waals surface area contributed by atoms with Crippen molar-refractivity contribution in [2.45, 2.75) is 25.9 Å². The summed E-state index contributed by atoms with van der Waals surface area (Å²) < 4.78 is 0. The first-order chi connectivity index (χ1) is 6.22. The summed E-state index contributed by atoms with van der Waals surface area (Å²) in [5, 5.41) is 12.0. The van der Waals surface area contributed by atoms with Crippen LogP contribution in [0, 0.1) is 0 Å². The Morgan fingerprint density at radius 2 is 2.46 bits per heavy atom. The molecule has 1 amide bonds. The molecule has 4 heteroatoms. The molecule has 1 aliphatic heterocycles. The molecule has 1 fully saturated rings. The highest BCUT2D eigenvalue weighted by atomic mass is 16.3. The SMILES string of the molecule is CCNC(=O)CCN1CC[C@H](O)C1. The van der Waals surface area contributed by atoms with Gasteiger partial charge in [0.05, 0.1) is 6.10 Å². The zero-order valence-corrected chi connectivity index (χ0v) is 8.12. The summed E-state index contributed by atoms with van der Waals surface area (Å²) in [6.45, 7) is 5.02. The van der Waals surface area contributed by atoms with Crippen LogP contribution in [-0.2, 0) is 4.79 Å². The van der Waals surface area contributed by atoms with Crippen molar-refractivity contribution in [3.8, 4) is 0 Å². The molecule has 0 aromatic heterocycles. The number of aliphatic hydroxyl groups is 1. The van der Waals surface area contributed by atoms with Gasteiger partial charge in [-0.25, -0.2) is 0 Å². The van der Waals surface area contributed by atoms with Crippen LogP contribution in [-0.4, -0.2) is 48.2 Å². The number of rotatable bonds is 4. The molecule has 2 N–H and O–H groups in total. The standard InChI is InChI=1S/C9H18N2O2/c1-2-10-9(13)4-6-11-5-3-8(12)7-11/h8,12H,2-7H2,1H3,(H,10,13)/t8-/m0/s1. The van der Waals surface area contributed by atoms with E-state index in [0.717, 1.165) is 26.1 Å². The Labute approximate surface area is 78.9 Å². The fourth-order valence-electron chi connectivity index (χ4n) is 1.56. The van der Waals surface area contributed by atoms with E-state index in [0.29, 0.717) is 13.0 Å². The summed E-state index contributed by atoms with van der Waals surface area (Å²) in [6.07, 6.45) is 1.20. The van der Waals surface area contributed by atoms with Crippen molar-refractivity contribution in [1.82, 2.24) is 10.2 Å². The lowest BCUT2D eigenvalue weighted by molar-refractivity contribution is -0.121. The van der Waals surface area contributed by atoms with Crippen molar-refractivity contribution < 1.29 is 9.90 Å². The summed E-state index contributed by atoms with van der Waals surface area (Å²) in [5.41, 5.74) is 0. The van der Waals surface area contributed by atoms with Crippen LogP contribution in [0.3, 0.4) is 0 Å². The van der Waals surface area contributed by atoms with E-state index < -0.39 is 0 Å². The molecule has 13 heavy (non-hydrogen) atoms. The van der Waals surface area contributed by atoms with Gasteiger partial charge < -0.3 is 15.3 Å². The normalized spacial score (nSPS) is 23.4. The minimum Gasteiger partial charge on any atom is -0.392 e. The number of nitrogens with zero attached hydrogens (tertiary/aromatic N) is 1. The highest BCUT2D eigenvalue weighted by Gasteiger charge is 2.19. The summed E-state index contributed by atoms with van der Waals surface area (Å²) >= 11 is 0. The molecule has 0 spiro atoms. The van der Waals surface area contributed by atoms with E-state index >= 15 is 0 Å². The van der Waals surface area contributed by atoms with E-state index in [9.17, 15) is 9.90 Å². The molecule has 1 heterocycles. The zero-order chi connectivity index (χ0) is 9.68. The van der Waals surface area contributed by atoms with Crippen molar-refractivity contribution in [3.05, 3.63) is 0 Å². The van der Waals surface area contributed by atoms with Crippen LogP contribution in [0.2, 0.25) is 0 Å². The molecule has 0 aromatic carbocycles. The van der Waals surface area contributed by atoms with E-state index in [1.807, 2.05) is 6.92 Å². The molecule has 0 bridgehead atoms. The van der Waals surface area contributed by atoms with Crippen LogP contribution in [0.5, 0.6) is 0 Å². The van der Waals surface area contributed by atoms with Gasteiger partial charge in [0.2, 0.25) is 5.91 Å². The highest BCUT2D eigenvalue weighted by molar-refractivity contribution is 5.75. The predicted octanol–water partition coefficient (Wildman–Crippen LogP) is -0.421. The second kappa shape index (κ2) is 5.19. The maximum absolute atomic E-state index is 11.1. The summed E-state index contributed by atoms with van der Waals surface area (Å²) in [4.78, 5) is 13.2. The molecular weight excluding hydrogens is 168 g/mol. The Bertz CT molecular complexity index is 173. The van der Waals surface area contributed by atoms with Crippen molar-refractivity contribution in [2.75, 3.05) is 26.2 Å². The van der Waals surface area contributed by atoms with Crippen LogP contribution in [0.25, 0.3) is 0 Å². The van der Waals surface area contributed by atoms with Gasteiger partial charge >= 0.3 is 0 Å². The number of aliphatic hydroxyl groups excluding tert-OH is 1. The van der Waals surface area contributed by atoms with Crippen LogP contribution in [0.4, 0.5) is 0 Å². The molecule has 1 aliphatic rings. The third-order valence-corrected chi connectivity index (χ3v) is 2.28. The molecule has 1 rings (SSSR count). The molecule has 4 nitrogen and oxygen atoms in total. The average molecular weight is 186 g/mol. The van der Waals surface area contributed by atoms with Gasteiger partial charge in [-0.15, -0.1) is 0 Å². The third kappa shape index (κ3) is 3.74. The molecule has 76 valence electrons. The Kier molecular flexibility index (Phi) is 4.18. The predicted molar refractivity (Wildman–Crippen MR) is 50.4 cm³/mol. The van der Waals surface area contributed by atoms with Gasteiger partial charge in [0.25, 0.3) is 0 Å². The zero-order valence-electron chi connectivity index (χ0n) is 8.12. The molecule has 0 saturated carbocycles. The maximum Gasteiger partial charge on any atom is 0.221 e. The molecule has 0 aromatic rings. The van der Waals surface area contributed by atoms with E-state index in [1.54, 1.807) is 0 Å². The number of carbonyl (C=O) groups excluding carboxylic acids is 1. The van der Waals surface area contributed by atoms with Crippen molar-refractivity contribution in [1.29, 1.82) is 0 Å². The Morgan fingerprint density at radius 1 is 1.69 bits per heavy atom. The fraction of sp³-hybridized carbons (Fsp3) is 0.889. The Hall–Kier alpha value is -0.610. The fourth-order valence-corrected chi connectivity index (χ4v) is 1.56. The van der Waals surface area contributed by atoms with Crippen LogP contribution >= 0.6 is 0 Å². The average Bonchev–Trinajstić information content (AvgIpc) is 2.49. The van der Waals surface area contributed by atoms with Crippen molar-refractivity contribution in [2.24, 2.45) is 0 Å². The van der Waals surface area contributed by atoms with Gasteiger partial charge in [-0.05, 0) is 13.3 Å². The Balaban J connectivity index is 2.09. The summed E-state index contributed by atoms with van der Waals surface area (Å²) in [6, 6.07) is 0. The topological polar surface area (TPSA) is 52.6 Å². The van der Waals surface area contributed by atoms with Gasteiger partial charge in [-0.1, -0.05) is 0 Å². The van der Waals surface area contributed by atoms with E-state index in [2.05, 4.69) is 10.2 Å². The van der Waals surface area contributed by atoms with E-state index in [4.69, 9.17) is 0 Å². The molecular formula is C9H18N2O2. The number of nitrogens with one attached hydrogen (secondary N) is 1. The smallest absolute Gasteiger partial charge is 0.221 e. The lowest BCUT2D eigenvalue weighted by Crippen LogP contribution is -2.30. The highest BCUT2D eigenvalue weighted by Crippen LogP contribution is 2.08. The Morgan fingerprint density at radius 3 is 3.00 bits per heavy atom. The molecule has 1 saturated heterocycles. The quantitative estimate of drug-likeness (QED) is 0.627. The molecule has 0 radical (unpaired) electrons. The second-order valence-corrected chi connectivity index (χ2v) is 3.45. The van der Waals surface area contributed by atoms with E-state index in [1.165, 1.54) is 0 Å². The minimum atomic E-state index is -0.186. The lowest BCUT2D eigenvalue weighted by Gasteiger charge is -2.13. The maximum atomic E-state index is 11.1. The third-order valence-electron chi connectivity index (χ3n) is 2.28. The minimum absolute atomic E-state index is 0.101. The van der Waals surface area contributed by atoms with E-state index in [-0.39, 0.29) is 12.0 Å². The van der Waals surface area contributed by atoms with Gasteiger partial charge in [-0.3, -0.25) is 4.79 Å². The van der Waals surface area contributed by atoms with Gasteiger partial charge in [0.1, 0.15) is 0 Å². The van der Waals surface area contributed by atoms with Gasteiger partial charge in [0, 0.05) is 32.6 Å². The first kappa shape index (κ1) is 10.5. The molecule has 0 aliphatic carbocycles. The number of hydrogen-bond donors (Lipinski definition) is 2. The largest absolute Gasteiger partial charge is 0.392 e. The number of likely N-dealkylation sites (tertiary alicyclic amines) is 1. The molecule has 0 unspecified atom stereocenters. The number of hydrogen-bond acceptors (Lipinski definition) is 3. The first-order valence-electron chi connectivity index (χ1n) is 4.89. The summed E-state index contributed by atoms with van der Waals surface area (Å²) in [7, 11) is 0. The lowest BCUT2D eigenvalue weighted by atomic mass is 10.3. The number of amides is 1. The summed E-state index contributed by atoms with van der Waals surface area (Å²) in [5.74, 6) is 0.101. The monoisotopic (exact) mass is 186 g/mol. The number of β-amino-alcohol motifs (C(OH)–C–C–N with tert-alkyl or cyclic N) is 1. The molecule has 1 atom stereocenters. The number of carbonyl (C=O) groups is 1. The second-order valence-electron chi connectivity index (χ2n) is 3.45. The van der Waals surface area contributed by atoms with Crippen molar-refractivity contribution in [3.63, 3.8) is 0 Å². The van der Waals surface area contributed by atoms with Crippen molar-refractivity contribution >= 4 is 5.91 Å². The first-order valence-corrected chi connectivity index (χ1v) is 4.89. The van der Waals surface area contributed by atoms with Crippen LogP contribution < -0.4 is 5.32 Å². The van der Waals surface area contributed by atoms with Crippen LogP contribution in [0.1, 0.15) is 19.8 Å². The van der Waals surface area contributed by atoms with Gasteiger partial charge in [-0.2, -0.15) is 0 Å².